The second-order valence-electron chi connectivity index (χ2n) is 3.75. The molecule has 0 aliphatic carbocycles. The highest BCUT2D eigenvalue weighted by Crippen LogP contribution is 2.29. The molecule has 4 nitrogen and oxygen atoms in total. The Balaban J connectivity index is 2.24. The Hall–Kier alpha value is -0.940. The minimum Gasteiger partial charge on any atom is -0.393 e. The Labute approximate surface area is 94.4 Å². The Morgan fingerprint density at radius 3 is 2.62 bits per heavy atom. The van der Waals surface area contributed by atoms with E-state index < -0.39 is 12.4 Å². The molecule has 0 aromatic heterocycles. The van der Waals surface area contributed by atoms with Crippen LogP contribution in [0.25, 0.3) is 0 Å². The molecule has 16 heavy (non-hydrogen) atoms. The van der Waals surface area contributed by atoms with Crippen LogP contribution in [0, 0.1) is 0 Å². The number of aliphatic hydroxyl groups excluding tert-OH is 2. The quantitative estimate of drug-likeness (QED) is 0.808. The van der Waals surface area contributed by atoms with E-state index in [1.165, 1.54) is 0 Å². The monoisotopic (exact) mass is 224 g/mol. The lowest BCUT2D eigenvalue weighted by atomic mass is 10.0. The maximum Gasteiger partial charge on any atom is 0.184 e. The van der Waals surface area contributed by atoms with Crippen LogP contribution in [-0.2, 0) is 9.47 Å². The summed E-state index contributed by atoms with van der Waals surface area (Å²) >= 11 is 0. The van der Waals surface area contributed by atoms with E-state index in [-0.39, 0.29) is 6.61 Å². The zero-order valence-corrected chi connectivity index (χ0v) is 9.00. The molecule has 1 fully saturated rings. The molecule has 0 radical (unpaired) electrons. The maximum atomic E-state index is 9.68. The van der Waals surface area contributed by atoms with E-state index in [4.69, 9.17) is 14.6 Å². The van der Waals surface area contributed by atoms with Gasteiger partial charge in [0.15, 0.2) is 6.29 Å². The predicted octanol–water partition coefficient (Wildman–Crippen LogP) is 1.15. The summed E-state index contributed by atoms with van der Waals surface area (Å²) in [7, 11) is 0. The second-order valence-corrected chi connectivity index (χ2v) is 3.75. The van der Waals surface area contributed by atoms with Crippen LogP contribution < -0.4 is 0 Å². The molecular weight excluding hydrogens is 208 g/mol. The van der Waals surface area contributed by atoms with Crippen molar-refractivity contribution in [1.82, 2.24) is 0 Å². The summed E-state index contributed by atoms with van der Waals surface area (Å²) in [4.78, 5) is 0. The van der Waals surface area contributed by atoms with Gasteiger partial charge < -0.3 is 19.7 Å². The Morgan fingerprint density at radius 1 is 1.25 bits per heavy atom. The Bertz CT molecular complexity index is 334. The van der Waals surface area contributed by atoms with Crippen molar-refractivity contribution in [2.75, 3.05) is 19.8 Å². The Morgan fingerprint density at radius 2 is 1.94 bits per heavy atom. The highest BCUT2D eigenvalue weighted by atomic mass is 16.7. The lowest BCUT2D eigenvalue weighted by Crippen LogP contribution is -2.20. The molecule has 1 aliphatic rings. The molecule has 88 valence electrons. The molecular formula is C12H16O4. The first-order chi connectivity index (χ1) is 7.83. The summed E-state index contributed by atoms with van der Waals surface area (Å²) in [5.41, 5.74) is 1.46. The van der Waals surface area contributed by atoms with Crippen molar-refractivity contribution in [3.05, 3.63) is 35.4 Å². The van der Waals surface area contributed by atoms with Gasteiger partial charge in [-0.25, -0.2) is 0 Å². The SMILES string of the molecule is OC[C@@H](O)c1ccccc1C1OCCCO1. The number of rotatable bonds is 3. The molecule has 1 aromatic rings. The first kappa shape index (κ1) is 11.5. The van der Waals surface area contributed by atoms with Crippen molar-refractivity contribution in [3.63, 3.8) is 0 Å². The van der Waals surface area contributed by atoms with E-state index in [9.17, 15) is 5.11 Å². The Kier molecular flexibility index (Phi) is 3.90. The van der Waals surface area contributed by atoms with Crippen molar-refractivity contribution in [2.24, 2.45) is 0 Å². The van der Waals surface area contributed by atoms with Gasteiger partial charge in [-0.05, 0) is 12.0 Å². The highest BCUT2D eigenvalue weighted by Gasteiger charge is 2.21. The second kappa shape index (κ2) is 5.41. The molecule has 0 spiro atoms. The van der Waals surface area contributed by atoms with Gasteiger partial charge in [0.25, 0.3) is 0 Å². The summed E-state index contributed by atoms with van der Waals surface area (Å²) in [5, 5.41) is 18.7. The van der Waals surface area contributed by atoms with Crippen LogP contribution in [-0.4, -0.2) is 30.0 Å². The summed E-state index contributed by atoms with van der Waals surface area (Å²) in [6, 6.07) is 7.31. The minimum atomic E-state index is -0.884. The molecule has 1 aromatic carbocycles. The summed E-state index contributed by atoms with van der Waals surface area (Å²) in [6.07, 6.45) is -0.419. The molecule has 1 aliphatic heterocycles. The van der Waals surface area contributed by atoms with Crippen LogP contribution in [0.1, 0.15) is 29.9 Å². The molecule has 0 saturated carbocycles. The van der Waals surface area contributed by atoms with E-state index in [0.29, 0.717) is 18.8 Å². The smallest absolute Gasteiger partial charge is 0.184 e. The van der Waals surface area contributed by atoms with Crippen molar-refractivity contribution >= 4 is 0 Å². The normalized spacial score (nSPS) is 19.6. The topological polar surface area (TPSA) is 58.9 Å². The van der Waals surface area contributed by atoms with Crippen LogP contribution in [0.3, 0.4) is 0 Å². The van der Waals surface area contributed by atoms with Gasteiger partial charge in [0.2, 0.25) is 0 Å². The zero-order valence-electron chi connectivity index (χ0n) is 9.00. The van der Waals surface area contributed by atoms with Crippen LogP contribution in [0.2, 0.25) is 0 Å². The molecule has 1 atom stereocenters. The van der Waals surface area contributed by atoms with Crippen LogP contribution in [0.4, 0.5) is 0 Å². The fourth-order valence-corrected chi connectivity index (χ4v) is 1.79. The molecule has 2 N–H and O–H groups in total. The molecule has 1 saturated heterocycles. The average molecular weight is 224 g/mol. The lowest BCUT2D eigenvalue weighted by molar-refractivity contribution is -0.183. The average Bonchev–Trinajstić information content (AvgIpc) is 2.39. The van der Waals surface area contributed by atoms with Crippen molar-refractivity contribution in [1.29, 1.82) is 0 Å². The van der Waals surface area contributed by atoms with Gasteiger partial charge >= 0.3 is 0 Å². The van der Waals surface area contributed by atoms with Crippen molar-refractivity contribution in [3.8, 4) is 0 Å². The molecule has 0 unspecified atom stereocenters. The van der Waals surface area contributed by atoms with E-state index in [1.54, 1.807) is 6.07 Å². The van der Waals surface area contributed by atoms with Gasteiger partial charge in [-0.15, -0.1) is 0 Å². The zero-order chi connectivity index (χ0) is 11.4. The largest absolute Gasteiger partial charge is 0.393 e. The van der Waals surface area contributed by atoms with Gasteiger partial charge in [0.1, 0.15) is 6.10 Å². The van der Waals surface area contributed by atoms with Crippen LogP contribution >= 0.6 is 0 Å². The van der Waals surface area contributed by atoms with Crippen LogP contribution in [0.15, 0.2) is 24.3 Å². The summed E-state index contributed by atoms with van der Waals surface area (Å²) in [6.45, 7) is 1.02. The molecule has 4 heteroatoms. The van der Waals surface area contributed by atoms with Gasteiger partial charge in [0, 0.05) is 5.56 Å². The van der Waals surface area contributed by atoms with E-state index in [0.717, 1.165) is 12.0 Å². The van der Waals surface area contributed by atoms with Crippen molar-refractivity contribution < 1.29 is 19.7 Å². The maximum absolute atomic E-state index is 9.68. The lowest BCUT2D eigenvalue weighted by Gasteiger charge is -2.26. The van der Waals surface area contributed by atoms with Gasteiger partial charge in [-0.1, -0.05) is 24.3 Å². The third-order valence-corrected chi connectivity index (χ3v) is 2.61. The highest BCUT2D eigenvalue weighted by molar-refractivity contribution is 5.30. The van der Waals surface area contributed by atoms with Crippen molar-refractivity contribution in [2.45, 2.75) is 18.8 Å². The minimum absolute atomic E-state index is 0.302. The first-order valence-electron chi connectivity index (χ1n) is 5.44. The van der Waals surface area contributed by atoms with E-state index in [2.05, 4.69) is 0 Å². The molecule has 1 heterocycles. The third kappa shape index (κ3) is 2.41. The van der Waals surface area contributed by atoms with E-state index >= 15 is 0 Å². The third-order valence-electron chi connectivity index (χ3n) is 2.61. The van der Waals surface area contributed by atoms with Crippen LogP contribution in [0.5, 0.6) is 0 Å². The summed E-state index contributed by atoms with van der Waals surface area (Å²) < 4.78 is 11.0. The number of benzene rings is 1. The van der Waals surface area contributed by atoms with Gasteiger partial charge in [-0.3, -0.25) is 0 Å². The first-order valence-corrected chi connectivity index (χ1v) is 5.44. The summed E-state index contributed by atoms with van der Waals surface area (Å²) in [5.74, 6) is 0. The van der Waals surface area contributed by atoms with E-state index in [1.807, 2.05) is 18.2 Å². The standard InChI is InChI=1S/C12H16O4/c13-8-11(14)9-4-1-2-5-10(9)12-15-6-3-7-16-12/h1-2,4-5,11-14H,3,6-8H2/t11-/m1/s1. The number of aliphatic hydroxyl groups is 2. The molecule has 2 rings (SSSR count). The molecule has 0 amide bonds. The van der Waals surface area contributed by atoms with Gasteiger partial charge in [0.05, 0.1) is 19.8 Å². The fourth-order valence-electron chi connectivity index (χ4n) is 1.79. The fraction of sp³-hybridized carbons (Fsp3) is 0.500. The number of hydrogen-bond acceptors (Lipinski definition) is 4. The number of ether oxygens (including phenoxy) is 2. The van der Waals surface area contributed by atoms with Gasteiger partial charge in [-0.2, -0.15) is 0 Å². The predicted molar refractivity (Wildman–Crippen MR) is 57.7 cm³/mol. The molecule has 0 bridgehead atoms. The number of hydrogen-bond donors (Lipinski definition) is 2.